The number of aromatic nitrogens is 1. The minimum atomic E-state index is -4.51. The molecule has 1 unspecified atom stereocenters. The molecule has 144 valence electrons. The molecular weight excluding hydrogens is 379 g/mol. The summed E-state index contributed by atoms with van der Waals surface area (Å²) < 4.78 is 37.8. The van der Waals surface area contributed by atoms with Gasteiger partial charge in [-0.3, -0.25) is 14.7 Å². The summed E-state index contributed by atoms with van der Waals surface area (Å²) in [6, 6.07) is 9.79. The average Bonchev–Trinajstić information content (AvgIpc) is 2.67. The summed E-state index contributed by atoms with van der Waals surface area (Å²) in [5.74, 6) is -0.304. The molecule has 0 radical (unpaired) electrons. The van der Waals surface area contributed by atoms with Crippen molar-refractivity contribution >= 4 is 17.5 Å². The standard InChI is InChI=1S/C19H19ClF3N3O/c1-13(15-4-2-3-5-16(15)20)25-8-10-26(11-9-25)18(27)14-6-7-17(24-12-14)19(21,22)23/h2-7,12-13H,8-11H2,1H3. The van der Waals surface area contributed by atoms with Crippen LogP contribution in [0, 0.1) is 0 Å². The normalized spacial score (nSPS) is 17.0. The lowest BCUT2D eigenvalue weighted by Gasteiger charge is -2.38. The molecule has 1 fully saturated rings. The molecule has 0 saturated carbocycles. The molecule has 0 aliphatic carbocycles. The van der Waals surface area contributed by atoms with E-state index < -0.39 is 11.9 Å². The van der Waals surface area contributed by atoms with Gasteiger partial charge in [-0.25, -0.2) is 0 Å². The van der Waals surface area contributed by atoms with Gasteiger partial charge < -0.3 is 4.90 Å². The number of carbonyl (C=O) groups excluding carboxylic acids is 1. The zero-order valence-electron chi connectivity index (χ0n) is 14.7. The summed E-state index contributed by atoms with van der Waals surface area (Å²) in [6.07, 6.45) is -3.52. The van der Waals surface area contributed by atoms with Gasteiger partial charge in [0.05, 0.1) is 5.56 Å². The maximum atomic E-state index is 12.6. The number of hydrogen-bond donors (Lipinski definition) is 0. The van der Waals surface area contributed by atoms with Crippen molar-refractivity contribution in [1.29, 1.82) is 0 Å². The molecule has 2 heterocycles. The SMILES string of the molecule is CC(c1ccccc1Cl)N1CCN(C(=O)c2ccc(C(F)(F)F)nc2)CC1. The van der Waals surface area contributed by atoms with E-state index in [9.17, 15) is 18.0 Å². The third-order valence-corrected chi connectivity index (χ3v) is 5.15. The van der Waals surface area contributed by atoms with Crippen molar-refractivity contribution in [2.24, 2.45) is 0 Å². The molecule has 8 heteroatoms. The summed E-state index contributed by atoms with van der Waals surface area (Å²) in [7, 11) is 0. The van der Waals surface area contributed by atoms with Crippen molar-refractivity contribution in [1.82, 2.24) is 14.8 Å². The third kappa shape index (κ3) is 4.42. The lowest BCUT2D eigenvalue weighted by atomic mass is 10.1. The molecule has 1 saturated heterocycles. The van der Waals surface area contributed by atoms with Crippen LogP contribution in [0.5, 0.6) is 0 Å². The van der Waals surface area contributed by atoms with Crippen LogP contribution in [0.15, 0.2) is 42.6 Å². The Bertz CT molecular complexity index is 803. The van der Waals surface area contributed by atoms with E-state index in [0.717, 1.165) is 17.8 Å². The van der Waals surface area contributed by atoms with Crippen LogP contribution in [0.1, 0.15) is 34.6 Å². The zero-order chi connectivity index (χ0) is 19.6. The van der Waals surface area contributed by atoms with Crippen molar-refractivity contribution in [2.75, 3.05) is 26.2 Å². The van der Waals surface area contributed by atoms with Crippen molar-refractivity contribution in [3.05, 3.63) is 64.4 Å². The van der Waals surface area contributed by atoms with Crippen LogP contribution in [0.2, 0.25) is 5.02 Å². The minimum absolute atomic E-state index is 0.115. The first-order chi connectivity index (χ1) is 12.8. The van der Waals surface area contributed by atoms with Gasteiger partial charge in [0.1, 0.15) is 5.69 Å². The van der Waals surface area contributed by atoms with Crippen LogP contribution >= 0.6 is 11.6 Å². The molecule has 27 heavy (non-hydrogen) atoms. The van der Waals surface area contributed by atoms with Gasteiger partial charge in [0.25, 0.3) is 5.91 Å². The molecule has 0 N–H and O–H groups in total. The van der Waals surface area contributed by atoms with Crippen LogP contribution in [-0.2, 0) is 6.18 Å². The van der Waals surface area contributed by atoms with Gasteiger partial charge in [0.2, 0.25) is 0 Å². The number of carbonyl (C=O) groups is 1. The Hall–Kier alpha value is -2.12. The molecule has 2 aromatic rings. The van der Waals surface area contributed by atoms with Gasteiger partial charge in [-0.2, -0.15) is 13.2 Å². The van der Waals surface area contributed by atoms with E-state index in [0.29, 0.717) is 31.2 Å². The number of pyridine rings is 1. The highest BCUT2D eigenvalue weighted by Gasteiger charge is 2.33. The van der Waals surface area contributed by atoms with Crippen molar-refractivity contribution in [3.63, 3.8) is 0 Å². The average molecular weight is 398 g/mol. The molecule has 1 atom stereocenters. The van der Waals surface area contributed by atoms with Crippen LogP contribution in [0.4, 0.5) is 13.2 Å². The quantitative estimate of drug-likeness (QED) is 0.776. The van der Waals surface area contributed by atoms with E-state index in [-0.39, 0.29) is 17.5 Å². The van der Waals surface area contributed by atoms with Gasteiger partial charge in [-0.05, 0) is 30.7 Å². The van der Waals surface area contributed by atoms with E-state index in [2.05, 4.69) is 16.8 Å². The number of nitrogens with zero attached hydrogens (tertiary/aromatic N) is 3. The Labute approximate surface area is 160 Å². The topological polar surface area (TPSA) is 36.4 Å². The van der Waals surface area contributed by atoms with E-state index >= 15 is 0 Å². The van der Waals surface area contributed by atoms with E-state index in [4.69, 9.17) is 11.6 Å². The van der Waals surface area contributed by atoms with E-state index in [1.807, 2.05) is 24.3 Å². The fraction of sp³-hybridized carbons (Fsp3) is 0.368. The Kier molecular flexibility index (Phi) is 5.72. The second kappa shape index (κ2) is 7.86. The van der Waals surface area contributed by atoms with Crippen LogP contribution in [0.3, 0.4) is 0 Å². The van der Waals surface area contributed by atoms with Gasteiger partial charge in [-0.1, -0.05) is 29.8 Å². The van der Waals surface area contributed by atoms with Crippen molar-refractivity contribution in [3.8, 4) is 0 Å². The van der Waals surface area contributed by atoms with Gasteiger partial charge in [0, 0.05) is 43.4 Å². The fourth-order valence-corrected chi connectivity index (χ4v) is 3.49. The van der Waals surface area contributed by atoms with Gasteiger partial charge >= 0.3 is 6.18 Å². The first-order valence-corrected chi connectivity index (χ1v) is 8.96. The number of halogens is 4. The summed E-state index contributed by atoms with van der Waals surface area (Å²) >= 11 is 6.26. The summed E-state index contributed by atoms with van der Waals surface area (Å²) in [5.41, 5.74) is 0.193. The molecule has 1 aromatic carbocycles. The molecule has 1 aromatic heterocycles. The highest BCUT2D eigenvalue weighted by molar-refractivity contribution is 6.31. The number of amides is 1. The first kappa shape index (κ1) is 19.6. The predicted molar refractivity (Wildman–Crippen MR) is 96.6 cm³/mol. The Balaban J connectivity index is 1.62. The smallest absolute Gasteiger partial charge is 0.336 e. The maximum absolute atomic E-state index is 12.6. The highest BCUT2D eigenvalue weighted by Crippen LogP contribution is 2.29. The largest absolute Gasteiger partial charge is 0.433 e. The molecule has 0 bridgehead atoms. The van der Waals surface area contributed by atoms with Crippen LogP contribution < -0.4 is 0 Å². The fourth-order valence-electron chi connectivity index (χ4n) is 3.19. The number of piperazine rings is 1. The molecule has 4 nitrogen and oxygen atoms in total. The molecule has 1 aliphatic heterocycles. The van der Waals surface area contributed by atoms with E-state index in [1.54, 1.807) is 4.90 Å². The summed E-state index contributed by atoms with van der Waals surface area (Å²) in [6.45, 7) is 4.38. The number of alkyl halides is 3. The Morgan fingerprint density at radius 3 is 2.33 bits per heavy atom. The summed E-state index contributed by atoms with van der Waals surface area (Å²) in [4.78, 5) is 19.8. The third-order valence-electron chi connectivity index (χ3n) is 4.81. The lowest BCUT2D eigenvalue weighted by Crippen LogP contribution is -2.49. The van der Waals surface area contributed by atoms with Crippen molar-refractivity contribution in [2.45, 2.75) is 19.1 Å². The predicted octanol–water partition coefficient (Wildman–Crippen LogP) is 4.27. The van der Waals surface area contributed by atoms with Gasteiger partial charge in [-0.15, -0.1) is 0 Å². The molecule has 1 aliphatic rings. The number of rotatable bonds is 3. The summed E-state index contributed by atoms with van der Waals surface area (Å²) in [5, 5.41) is 0.708. The molecular formula is C19H19ClF3N3O. The van der Waals surface area contributed by atoms with Crippen LogP contribution in [0.25, 0.3) is 0 Å². The molecule has 0 spiro atoms. The van der Waals surface area contributed by atoms with Gasteiger partial charge in [0.15, 0.2) is 0 Å². The Morgan fingerprint density at radius 1 is 1.11 bits per heavy atom. The first-order valence-electron chi connectivity index (χ1n) is 8.58. The molecule has 1 amide bonds. The van der Waals surface area contributed by atoms with E-state index in [1.165, 1.54) is 6.07 Å². The van der Waals surface area contributed by atoms with Crippen LogP contribution in [-0.4, -0.2) is 46.9 Å². The second-order valence-corrected chi connectivity index (χ2v) is 6.86. The zero-order valence-corrected chi connectivity index (χ0v) is 15.5. The maximum Gasteiger partial charge on any atom is 0.433 e. The van der Waals surface area contributed by atoms with Crippen molar-refractivity contribution < 1.29 is 18.0 Å². The highest BCUT2D eigenvalue weighted by atomic mass is 35.5. The number of benzene rings is 1. The molecule has 3 rings (SSSR count). The minimum Gasteiger partial charge on any atom is -0.336 e. The lowest BCUT2D eigenvalue weighted by molar-refractivity contribution is -0.141. The number of hydrogen-bond acceptors (Lipinski definition) is 3. The monoisotopic (exact) mass is 397 g/mol. The second-order valence-electron chi connectivity index (χ2n) is 6.46. The Morgan fingerprint density at radius 2 is 1.78 bits per heavy atom.